The molecule has 1 aliphatic rings. The molecule has 2 aromatic rings. The Morgan fingerprint density at radius 1 is 1.38 bits per heavy atom. The van der Waals surface area contributed by atoms with Crippen molar-refractivity contribution in [2.75, 3.05) is 37.6 Å². The van der Waals surface area contributed by atoms with Crippen LogP contribution in [0.15, 0.2) is 21.9 Å². The number of nitrogens with zero attached hydrogens (tertiary/aromatic N) is 7. The summed E-state index contributed by atoms with van der Waals surface area (Å²) in [7, 11) is 1.84. The van der Waals surface area contributed by atoms with Gasteiger partial charge in [-0.05, 0) is 6.92 Å². The van der Waals surface area contributed by atoms with Crippen LogP contribution in [0.3, 0.4) is 0 Å². The Bertz CT molecular complexity index is 831. The van der Waals surface area contributed by atoms with E-state index >= 15 is 0 Å². The third-order valence-corrected chi connectivity index (χ3v) is 4.45. The summed E-state index contributed by atoms with van der Waals surface area (Å²) in [5, 5.41) is 11.4. The van der Waals surface area contributed by atoms with E-state index in [0.717, 1.165) is 18.2 Å². The molecule has 3 rings (SSSR count). The summed E-state index contributed by atoms with van der Waals surface area (Å²) in [6.45, 7) is 8.87. The molecule has 29 heavy (non-hydrogen) atoms. The lowest BCUT2D eigenvalue weighted by atomic mass is 10.2. The quantitative estimate of drug-likeness (QED) is 0.352. The Morgan fingerprint density at radius 3 is 2.76 bits per heavy atom. The SMILES string of the molecule is CCNC(=NCCc1nc(C(C)C)no1)N1CCN(c2cnn(C)c2)C(=O)C1.I. The molecule has 1 fully saturated rings. The number of hydrogen-bond acceptors (Lipinski definition) is 6. The molecule has 1 N–H and O–H groups in total. The predicted molar refractivity (Wildman–Crippen MR) is 121 cm³/mol. The molecular formula is C18H29IN8O2. The van der Waals surface area contributed by atoms with Crippen LogP contribution in [0.25, 0.3) is 0 Å². The number of nitrogens with one attached hydrogen (secondary N) is 1. The number of aryl methyl sites for hydroxylation is 1. The van der Waals surface area contributed by atoms with E-state index in [1.807, 2.05) is 38.9 Å². The molecule has 0 atom stereocenters. The Morgan fingerprint density at radius 2 is 2.17 bits per heavy atom. The van der Waals surface area contributed by atoms with Crippen LogP contribution in [-0.4, -0.2) is 69.4 Å². The van der Waals surface area contributed by atoms with Crippen molar-refractivity contribution in [1.29, 1.82) is 0 Å². The highest BCUT2D eigenvalue weighted by Gasteiger charge is 2.27. The van der Waals surface area contributed by atoms with Gasteiger partial charge in [0.1, 0.15) is 6.54 Å². The van der Waals surface area contributed by atoms with Gasteiger partial charge in [0.25, 0.3) is 0 Å². The van der Waals surface area contributed by atoms with Gasteiger partial charge in [-0.25, -0.2) is 0 Å². The lowest BCUT2D eigenvalue weighted by molar-refractivity contribution is -0.120. The van der Waals surface area contributed by atoms with Gasteiger partial charge in [0.15, 0.2) is 11.8 Å². The molecule has 0 aromatic carbocycles. The summed E-state index contributed by atoms with van der Waals surface area (Å²) < 4.78 is 6.96. The lowest BCUT2D eigenvalue weighted by Crippen LogP contribution is -2.55. The minimum atomic E-state index is 0. The number of carbonyl (C=O) groups excluding carboxylic acids is 1. The van der Waals surface area contributed by atoms with Crippen molar-refractivity contribution < 1.29 is 9.32 Å². The van der Waals surface area contributed by atoms with Crippen LogP contribution in [0.5, 0.6) is 0 Å². The number of amides is 1. The van der Waals surface area contributed by atoms with Crippen molar-refractivity contribution in [2.45, 2.75) is 33.1 Å². The van der Waals surface area contributed by atoms with Crippen molar-refractivity contribution in [3.8, 4) is 0 Å². The molecule has 3 heterocycles. The number of guanidine groups is 1. The Balaban J connectivity index is 0.00000300. The van der Waals surface area contributed by atoms with Crippen LogP contribution in [0.1, 0.15) is 38.4 Å². The first-order valence-electron chi connectivity index (χ1n) is 9.62. The highest BCUT2D eigenvalue weighted by Crippen LogP contribution is 2.16. The van der Waals surface area contributed by atoms with E-state index in [4.69, 9.17) is 4.52 Å². The molecular weight excluding hydrogens is 487 g/mol. The summed E-state index contributed by atoms with van der Waals surface area (Å²) in [5.74, 6) is 2.29. The van der Waals surface area contributed by atoms with Crippen molar-refractivity contribution in [3.63, 3.8) is 0 Å². The normalized spacial score (nSPS) is 15.1. The molecule has 0 saturated carbocycles. The summed E-state index contributed by atoms with van der Waals surface area (Å²) >= 11 is 0. The van der Waals surface area contributed by atoms with Gasteiger partial charge in [-0.1, -0.05) is 19.0 Å². The van der Waals surface area contributed by atoms with E-state index in [-0.39, 0.29) is 42.3 Å². The molecule has 1 saturated heterocycles. The third-order valence-electron chi connectivity index (χ3n) is 4.45. The first-order valence-corrected chi connectivity index (χ1v) is 9.62. The standard InChI is InChI=1S/C18H28N8O2.HI/c1-5-19-18(20-7-6-15-22-17(13(2)3)23-28-15)25-8-9-26(16(27)12-25)14-10-21-24(4)11-14;/h10-11,13H,5-9,12H2,1-4H3,(H,19,20);1H. The summed E-state index contributed by atoms with van der Waals surface area (Å²) in [4.78, 5) is 25.4. The van der Waals surface area contributed by atoms with Crippen LogP contribution in [0.2, 0.25) is 0 Å². The van der Waals surface area contributed by atoms with Crippen LogP contribution in [-0.2, 0) is 18.3 Å². The molecule has 0 aliphatic carbocycles. The predicted octanol–water partition coefficient (Wildman–Crippen LogP) is 1.40. The molecule has 10 nitrogen and oxygen atoms in total. The van der Waals surface area contributed by atoms with Crippen LogP contribution in [0, 0.1) is 0 Å². The number of aliphatic imine (C=N–C) groups is 1. The molecule has 0 spiro atoms. The van der Waals surface area contributed by atoms with E-state index in [9.17, 15) is 4.79 Å². The molecule has 160 valence electrons. The maximum atomic E-state index is 12.6. The monoisotopic (exact) mass is 516 g/mol. The largest absolute Gasteiger partial charge is 0.357 e. The zero-order chi connectivity index (χ0) is 20.1. The maximum Gasteiger partial charge on any atom is 0.246 e. The molecule has 1 amide bonds. The first kappa shape index (κ1) is 23.1. The topological polar surface area (TPSA) is 105 Å². The summed E-state index contributed by atoms with van der Waals surface area (Å²) in [6.07, 6.45) is 4.13. The van der Waals surface area contributed by atoms with E-state index < -0.39 is 0 Å². The van der Waals surface area contributed by atoms with Gasteiger partial charge in [0.2, 0.25) is 11.8 Å². The highest BCUT2D eigenvalue weighted by atomic mass is 127. The fourth-order valence-electron chi connectivity index (χ4n) is 2.96. The van der Waals surface area contributed by atoms with Gasteiger partial charge in [-0.2, -0.15) is 10.1 Å². The van der Waals surface area contributed by atoms with Gasteiger partial charge < -0.3 is 19.6 Å². The molecule has 2 aromatic heterocycles. The Labute approximate surface area is 187 Å². The van der Waals surface area contributed by atoms with Gasteiger partial charge >= 0.3 is 0 Å². The second kappa shape index (κ2) is 10.6. The third kappa shape index (κ3) is 5.90. The van der Waals surface area contributed by atoms with Crippen molar-refractivity contribution in [2.24, 2.45) is 12.0 Å². The molecule has 1 aliphatic heterocycles. The lowest BCUT2D eigenvalue weighted by Gasteiger charge is -2.35. The zero-order valence-electron chi connectivity index (χ0n) is 17.3. The first-order chi connectivity index (χ1) is 13.5. The fourth-order valence-corrected chi connectivity index (χ4v) is 2.96. The molecule has 0 unspecified atom stereocenters. The number of hydrogen-bond donors (Lipinski definition) is 1. The zero-order valence-corrected chi connectivity index (χ0v) is 19.7. The second-order valence-corrected chi connectivity index (χ2v) is 7.03. The number of halogens is 1. The minimum absolute atomic E-state index is 0. The Kier molecular flexibility index (Phi) is 8.41. The van der Waals surface area contributed by atoms with Crippen LogP contribution in [0.4, 0.5) is 5.69 Å². The summed E-state index contributed by atoms with van der Waals surface area (Å²) in [5.41, 5.74) is 0.825. The number of aromatic nitrogens is 4. The smallest absolute Gasteiger partial charge is 0.246 e. The van der Waals surface area contributed by atoms with E-state index in [1.54, 1.807) is 15.8 Å². The number of carbonyl (C=O) groups is 1. The van der Waals surface area contributed by atoms with E-state index in [2.05, 4.69) is 25.5 Å². The molecule has 11 heteroatoms. The summed E-state index contributed by atoms with van der Waals surface area (Å²) in [6, 6.07) is 0. The van der Waals surface area contributed by atoms with Crippen LogP contribution >= 0.6 is 24.0 Å². The van der Waals surface area contributed by atoms with Gasteiger partial charge in [0, 0.05) is 45.2 Å². The van der Waals surface area contributed by atoms with Crippen molar-refractivity contribution in [1.82, 2.24) is 30.1 Å². The highest BCUT2D eigenvalue weighted by molar-refractivity contribution is 14.0. The minimum Gasteiger partial charge on any atom is -0.357 e. The van der Waals surface area contributed by atoms with Gasteiger partial charge in [-0.3, -0.25) is 14.5 Å². The average Bonchev–Trinajstić information content (AvgIpc) is 3.30. The maximum absolute atomic E-state index is 12.6. The fraction of sp³-hybridized carbons (Fsp3) is 0.611. The van der Waals surface area contributed by atoms with Gasteiger partial charge in [0.05, 0.1) is 18.4 Å². The van der Waals surface area contributed by atoms with Gasteiger partial charge in [-0.15, -0.1) is 24.0 Å². The van der Waals surface area contributed by atoms with Crippen molar-refractivity contribution >= 4 is 41.5 Å². The van der Waals surface area contributed by atoms with Crippen LogP contribution < -0.4 is 10.2 Å². The van der Waals surface area contributed by atoms with E-state index in [1.165, 1.54) is 0 Å². The second-order valence-electron chi connectivity index (χ2n) is 7.03. The average molecular weight is 516 g/mol. The Hall–Kier alpha value is -2.18. The molecule has 0 bridgehead atoms. The van der Waals surface area contributed by atoms with E-state index in [0.29, 0.717) is 37.8 Å². The molecule has 0 radical (unpaired) electrons. The number of piperazine rings is 1. The number of anilines is 1. The number of rotatable bonds is 6. The van der Waals surface area contributed by atoms with Crippen molar-refractivity contribution in [3.05, 3.63) is 24.1 Å².